The molecule has 0 radical (unpaired) electrons. The molecule has 0 saturated carbocycles. The van der Waals surface area contributed by atoms with Crippen molar-refractivity contribution in [3.05, 3.63) is 60.2 Å². The quantitative estimate of drug-likeness (QED) is 0.775. The van der Waals surface area contributed by atoms with Gasteiger partial charge in [0.25, 0.3) is 0 Å². The van der Waals surface area contributed by atoms with Crippen molar-refractivity contribution < 1.29 is 9.59 Å². The largest absolute Gasteiger partial charge is 0.378 e. The molecule has 2 aliphatic heterocycles. The molecule has 6 heteroatoms. The van der Waals surface area contributed by atoms with Gasteiger partial charge in [0.05, 0.1) is 12.5 Å². The van der Waals surface area contributed by atoms with E-state index in [9.17, 15) is 9.59 Å². The first-order valence-electron chi connectivity index (χ1n) is 10.6. The van der Waals surface area contributed by atoms with Gasteiger partial charge in [-0.2, -0.15) is 0 Å². The van der Waals surface area contributed by atoms with Gasteiger partial charge in [0.15, 0.2) is 0 Å². The van der Waals surface area contributed by atoms with Crippen molar-refractivity contribution in [2.75, 3.05) is 44.4 Å². The zero-order chi connectivity index (χ0) is 21.3. The van der Waals surface area contributed by atoms with Crippen LogP contribution in [0.15, 0.2) is 54.6 Å². The summed E-state index contributed by atoms with van der Waals surface area (Å²) < 4.78 is 0. The SMILES string of the molecule is CN1CCC(C(=O)Nc2ccc(N(C)C)cc2)(N2C(=O)CC2c2ccccc2)CC1. The molecular formula is C24H30N4O2. The third-order valence-electron chi connectivity index (χ3n) is 6.47. The van der Waals surface area contributed by atoms with Gasteiger partial charge in [0.2, 0.25) is 11.8 Å². The topological polar surface area (TPSA) is 55.9 Å². The summed E-state index contributed by atoms with van der Waals surface area (Å²) in [5, 5.41) is 3.11. The van der Waals surface area contributed by atoms with Crippen molar-refractivity contribution >= 4 is 23.2 Å². The number of likely N-dealkylation sites (tertiary alicyclic amines) is 2. The summed E-state index contributed by atoms with van der Waals surface area (Å²) in [4.78, 5) is 32.5. The predicted octanol–water partition coefficient (Wildman–Crippen LogP) is 3.13. The predicted molar refractivity (Wildman–Crippen MR) is 120 cm³/mol. The number of hydrogen-bond donors (Lipinski definition) is 1. The number of benzene rings is 2. The van der Waals surface area contributed by atoms with E-state index in [0.717, 1.165) is 30.0 Å². The van der Waals surface area contributed by atoms with Crippen LogP contribution in [-0.4, -0.2) is 61.4 Å². The van der Waals surface area contributed by atoms with Crippen LogP contribution >= 0.6 is 0 Å². The number of amides is 2. The van der Waals surface area contributed by atoms with Crippen molar-refractivity contribution in [3.8, 4) is 0 Å². The molecule has 2 aromatic carbocycles. The van der Waals surface area contributed by atoms with Crippen LogP contribution in [-0.2, 0) is 9.59 Å². The molecule has 0 aromatic heterocycles. The highest BCUT2D eigenvalue weighted by Gasteiger charge is 2.55. The number of carbonyl (C=O) groups is 2. The molecule has 1 atom stereocenters. The Hall–Kier alpha value is -2.86. The highest BCUT2D eigenvalue weighted by atomic mass is 16.2. The molecule has 0 spiro atoms. The van der Waals surface area contributed by atoms with Crippen LogP contribution in [0.2, 0.25) is 0 Å². The number of carbonyl (C=O) groups excluding carboxylic acids is 2. The van der Waals surface area contributed by atoms with Crippen LogP contribution in [0, 0.1) is 0 Å². The Bertz CT molecular complexity index is 903. The van der Waals surface area contributed by atoms with Gasteiger partial charge >= 0.3 is 0 Å². The van der Waals surface area contributed by atoms with Crippen LogP contribution in [0.3, 0.4) is 0 Å². The Balaban J connectivity index is 1.62. The third kappa shape index (κ3) is 3.67. The second kappa shape index (κ2) is 8.11. The van der Waals surface area contributed by atoms with Crippen LogP contribution in [0.1, 0.15) is 30.9 Å². The highest BCUT2D eigenvalue weighted by Crippen LogP contribution is 2.45. The molecule has 158 valence electrons. The van der Waals surface area contributed by atoms with E-state index in [1.54, 1.807) is 0 Å². The molecule has 2 aliphatic rings. The lowest BCUT2D eigenvalue weighted by Gasteiger charge is -2.54. The standard InChI is InChI=1S/C24H30N4O2/c1-26(2)20-11-9-19(10-12-20)25-23(30)24(13-15-27(3)16-14-24)28-21(17-22(28)29)18-7-5-4-6-8-18/h4-12,21H,13-17H2,1-3H3,(H,25,30). The lowest BCUT2D eigenvalue weighted by atomic mass is 9.78. The second-order valence-electron chi connectivity index (χ2n) is 8.62. The molecule has 2 aromatic rings. The summed E-state index contributed by atoms with van der Waals surface area (Å²) in [5.41, 5.74) is 2.11. The Morgan fingerprint density at radius 2 is 1.67 bits per heavy atom. The summed E-state index contributed by atoms with van der Waals surface area (Å²) in [6.07, 6.45) is 1.74. The molecule has 0 aliphatic carbocycles. The minimum Gasteiger partial charge on any atom is -0.378 e. The van der Waals surface area contributed by atoms with Crippen LogP contribution < -0.4 is 10.2 Å². The zero-order valence-corrected chi connectivity index (χ0v) is 18.0. The van der Waals surface area contributed by atoms with E-state index < -0.39 is 5.54 Å². The van der Waals surface area contributed by atoms with Gasteiger partial charge in [-0.1, -0.05) is 30.3 Å². The fraction of sp³-hybridized carbons (Fsp3) is 0.417. The zero-order valence-electron chi connectivity index (χ0n) is 18.0. The fourth-order valence-corrected chi connectivity index (χ4v) is 4.55. The number of piperidine rings is 1. The van der Waals surface area contributed by atoms with Crippen molar-refractivity contribution in [2.24, 2.45) is 0 Å². The molecule has 2 saturated heterocycles. The van der Waals surface area contributed by atoms with E-state index in [0.29, 0.717) is 19.3 Å². The second-order valence-corrected chi connectivity index (χ2v) is 8.62. The van der Waals surface area contributed by atoms with Gasteiger partial charge in [0.1, 0.15) is 5.54 Å². The summed E-state index contributed by atoms with van der Waals surface area (Å²) >= 11 is 0. The molecular weight excluding hydrogens is 376 g/mol. The first-order chi connectivity index (χ1) is 14.4. The maximum Gasteiger partial charge on any atom is 0.250 e. The Morgan fingerprint density at radius 3 is 2.23 bits per heavy atom. The molecule has 2 heterocycles. The van der Waals surface area contributed by atoms with Crippen molar-refractivity contribution in [3.63, 3.8) is 0 Å². The van der Waals surface area contributed by atoms with Gasteiger partial charge in [-0.3, -0.25) is 9.59 Å². The molecule has 2 fully saturated rings. The van der Waals surface area contributed by atoms with E-state index in [2.05, 4.69) is 17.3 Å². The van der Waals surface area contributed by atoms with Crippen LogP contribution in [0.25, 0.3) is 0 Å². The molecule has 4 rings (SSSR count). The van der Waals surface area contributed by atoms with Gasteiger partial charge in [-0.05, 0) is 49.7 Å². The monoisotopic (exact) mass is 406 g/mol. The Kier molecular flexibility index (Phi) is 5.52. The average Bonchev–Trinajstić information content (AvgIpc) is 2.74. The van der Waals surface area contributed by atoms with E-state index >= 15 is 0 Å². The van der Waals surface area contributed by atoms with Crippen molar-refractivity contribution in [1.82, 2.24) is 9.80 Å². The van der Waals surface area contributed by atoms with Gasteiger partial charge in [-0.25, -0.2) is 0 Å². The van der Waals surface area contributed by atoms with E-state index in [1.807, 2.05) is 78.5 Å². The lowest BCUT2D eigenvalue weighted by Crippen LogP contribution is -2.68. The number of anilines is 2. The summed E-state index contributed by atoms with van der Waals surface area (Å²) in [6, 6.07) is 17.8. The number of hydrogen-bond acceptors (Lipinski definition) is 4. The summed E-state index contributed by atoms with van der Waals surface area (Å²) in [6.45, 7) is 1.58. The summed E-state index contributed by atoms with van der Waals surface area (Å²) in [7, 11) is 6.04. The van der Waals surface area contributed by atoms with Crippen molar-refractivity contribution in [2.45, 2.75) is 30.8 Å². The minimum atomic E-state index is -0.817. The fourth-order valence-electron chi connectivity index (χ4n) is 4.55. The van der Waals surface area contributed by atoms with E-state index in [-0.39, 0.29) is 17.9 Å². The van der Waals surface area contributed by atoms with Crippen LogP contribution in [0.5, 0.6) is 0 Å². The third-order valence-corrected chi connectivity index (χ3v) is 6.47. The smallest absolute Gasteiger partial charge is 0.250 e. The molecule has 0 bridgehead atoms. The van der Waals surface area contributed by atoms with Gasteiger partial charge < -0.3 is 20.0 Å². The first-order valence-corrected chi connectivity index (χ1v) is 10.6. The number of nitrogens with zero attached hydrogens (tertiary/aromatic N) is 3. The maximum absolute atomic E-state index is 13.6. The average molecular weight is 407 g/mol. The normalized spacial score (nSPS) is 21.1. The molecule has 6 nitrogen and oxygen atoms in total. The van der Waals surface area contributed by atoms with Gasteiger partial charge in [-0.15, -0.1) is 0 Å². The number of nitrogens with one attached hydrogen (secondary N) is 1. The summed E-state index contributed by atoms with van der Waals surface area (Å²) in [5.74, 6) is -0.0197. The minimum absolute atomic E-state index is 0.0380. The van der Waals surface area contributed by atoms with Crippen LogP contribution in [0.4, 0.5) is 11.4 Å². The molecule has 30 heavy (non-hydrogen) atoms. The highest BCUT2D eigenvalue weighted by molar-refractivity contribution is 6.02. The Morgan fingerprint density at radius 1 is 1.03 bits per heavy atom. The van der Waals surface area contributed by atoms with Gasteiger partial charge in [0, 0.05) is 38.6 Å². The van der Waals surface area contributed by atoms with E-state index in [1.165, 1.54) is 0 Å². The number of rotatable bonds is 5. The lowest BCUT2D eigenvalue weighted by molar-refractivity contribution is -0.167. The maximum atomic E-state index is 13.6. The van der Waals surface area contributed by atoms with E-state index in [4.69, 9.17) is 0 Å². The molecule has 1 unspecified atom stereocenters. The molecule has 1 N–H and O–H groups in total. The Labute approximate surface area is 178 Å². The first kappa shape index (κ1) is 20.4. The van der Waals surface area contributed by atoms with Crippen molar-refractivity contribution in [1.29, 1.82) is 0 Å². The number of β-lactam (4-membered cyclic amide) rings is 1. The molecule has 2 amide bonds.